The first-order valence-corrected chi connectivity index (χ1v) is 9.29. The summed E-state index contributed by atoms with van der Waals surface area (Å²) >= 11 is 0. The van der Waals surface area contributed by atoms with Crippen LogP contribution in [0.15, 0.2) is 24.3 Å². The molecule has 5 nitrogen and oxygen atoms in total. The van der Waals surface area contributed by atoms with Gasteiger partial charge in [0.15, 0.2) is 0 Å². The van der Waals surface area contributed by atoms with Crippen LogP contribution in [0.25, 0.3) is 0 Å². The summed E-state index contributed by atoms with van der Waals surface area (Å²) in [5.74, 6) is 0.746. The van der Waals surface area contributed by atoms with Crippen molar-refractivity contribution in [3.8, 4) is 0 Å². The number of hydrogen-bond donors (Lipinski definition) is 1. The van der Waals surface area contributed by atoms with E-state index in [1.54, 1.807) is 24.3 Å². The van der Waals surface area contributed by atoms with Crippen LogP contribution >= 0.6 is 0 Å². The fourth-order valence-electron chi connectivity index (χ4n) is 3.74. The molecule has 0 aliphatic heterocycles. The van der Waals surface area contributed by atoms with E-state index in [9.17, 15) is 13.2 Å². The van der Waals surface area contributed by atoms with Crippen LogP contribution in [0, 0.1) is 11.8 Å². The Morgan fingerprint density at radius 2 is 1.95 bits per heavy atom. The van der Waals surface area contributed by atoms with E-state index in [0.717, 1.165) is 12.8 Å². The lowest BCUT2D eigenvalue weighted by Gasteiger charge is -2.22. The minimum Gasteiger partial charge on any atom is -0.465 e. The average molecular weight is 323 g/mol. The minimum absolute atomic E-state index is 0.0532. The first-order chi connectivity index (χ1) is 10.5. The average Bonchev–Trinajstić information content (AvgIpc) is 3.08. The molecular weight excluding hydrogens is 302 g/mol. The molecule has 2 saturated carbocycles. The highest BCUT2D eigenvalue weighted by molar-refractivity contribution is 7.88. The molecule has 22 heavy (non-hydrogen) atoms. The lowest BCUT2D eigenvalue weighted by Crippen LogP contribution is -2.39. The first-order valence-electron chi connectivity index (χ1n) is 7.64. The van der Waals surface area contributed by atoms with Crippen molar-refractivity contribution in [3.63, 3.8) is 0 Å². The van der Waals surface area contributed by atoms with Crippen molar-refractivity contribution < 1.29 is 17.9 Å². The molecule has 2 bridgehead atoms. The molecule has 1 N–H and O–H groups in total. The molecule has 0 spiro atoms. The van der Waals surface area contributed by atoms with Gasteiger partial charge in [0.05, 0.1) is 18.4 Å². The summed E-state index contributed by atoms with van der Waals surface area (Å²) in [6.07, 6.45) is 4.54. The van der Waals surface area contributed by atoms with Gasteiger partial charge in [0.2, 0.25) is 10.0 Å². The second kappa shape index (κ2) is 6.01. The molecule has 0 heterocycles. The molecule has 3 atom stereocenters. The molecule has 3 rings (SSSR count). The van der Waals surface area contributed by atoms with Crippen molar-refractivity contribution in [2.75, 3.05) is 7.11 Å². The van der Waals surface area contributed by atoms with Gasteiger partial charge in [-0.05, 0) is 48.8 Å². The molecule has 0 aromatic heterocycles. The monoisotopic (exact) mass is 323 g/mol. The predicted octanol–water partition coefficient (Wildman–Crippen LogP) is 2.08. The molecule has 2 aliphatic rings. The highest BCUT2D eigenvalue weighted by Gasteiger charge is 2.41. The number of methoxy groups -OCH3 is 1. The van der Waals surface area contributed by atoms with Crippen molar-refractivity contribution in [2.24, 2.45) is 11.8 Å². The Kier molecular flexibility index (Phi) is 4.23. The van der Waals surface area contributed by atoms with Crippen LogP contribution in [-0.2, 0) is 20.5 Å². The Morgan fingerprint density at radius 1 is 1.23 bits per heavy atom. The second-order valence-electron chi connectivity index (χ2n) is 6.35. The van der Waals surface area contributed by atoms with E-state index in [0.29, 0.717) is 23.0 Å². The van der Waals surface area contributed by atoms with E-state index in [4.69, 9.17) is 0 Å². The van der Waals surface area contributed by atoms with Gasteiger partial charge in [-0.15, -0.1) is 0 Å². The topological polar surface area (TPSA) is 72.5 Å². The van der Waals surface area contributed by atoms with Gasteiger partial charge in [-0.25, -0.2) is 17.9 Å². The third-order valence-electron chi connectivity index (χ3n) is 4.80. The largest absolute Gasteiger partial charge is 0.465 e. The molecule has 2 fully saturated rings. The highest BCUT2D eigenvalue weighted by Crippen LogP contribution is 2.44. The number of sulfonamides is 1. The van der Waals surface area contributed by atoms with Crippen molar-refractivity contribution in [3.05, 3.63) is 35.4 Å². The number of nitrogens with one attached hydrogen (secondary N) is 1. The Hall–Kier alpha value is -1.40. The molecule has 0 radical (unpaired) electrons. The van der Waals surface area contributed by atoms with E-state index < -0.39 is 16.0 Å². The smallest absolute Gasteiger partial charge is 0.337 e. The Bertz CT molecular complexity index is 653. The number of benzene rings is 1. The van der Waals surface area contributed by atoms with Crippen LogP contribution in [0.2, 0.25) is 0 Å². The third-order valence-corrected chi connectivity index (χ3v) is 6.18. The maximum absolute atomic E-state index is 12.3. The zero-order valence-corrected chi connectivity index (χ0v) is 13.4. The summed E-state index contributed by atoms with van der Waals surface area (Å²) in [6.45, 7) is 0. The molecule has 0 unspecified atom stereocenters. The maximum Gasteiger partial charge on any atom is 0.337 e. The Labute approximate surface area is 131 Å². The zero-order chi connectivity index (χ0) is 15.7. The van der Waals surface area contributed by atoms with E-state index in [-0.39, 0.29) is 11.8 Å². The summed E-state index contributed by atoms with van der Waals surface area (Å²) in [5.41, 5.74) is 1.09. The summed E-state index contributed by atoms with van der Waals surface area (Å²) in [6, 6.07) is 6.61. The van der Waals surface area contributed by atoms with Crippen LogP contribution in [0.4, 0.5) is 0 Å². The number of esters is 1. The molecule has 1 aromatic carbocycles. The zero-order valence-electron chi connectivity index (χ0n) is 12.6. The molecule has 0 amide bonds. The van der Waals surface area contributed by atoms with Crippen LogP contribution in [0.1, 0.15) is 41.6 Å². The van der Waals surface area contributed by atoms with Gasteiger partial charge < -0.3 is 4.74 Å². The van der Waals surface area contributed by atoms with Gasteiger partial charge in [-0.3, -0.25) is 0 Å². The van der Waals surface area contributed by atoms with E-state index in [1.807, 2.05) is 0 Å². The highest BCUT2D eigenvalue weighted by atomic mass is 32.2. The summed E-state index contributed by atoms with van der Waals surface area (Å²) in [4.78, 5) is 11.4. The standard InChI is InChI=1S/C16H21NO4S/c1-21-16(18)13-5-2-11(3-6-13)10-22(19,20)17-15-9-12-4-7-14(15)8-12/h2-3,5-6,12,14-15,17H,4,7-10H2,1H3/t12-,14-,15+/m1/s1. The van der Waals surface area contributed by atoms with Gasteiger partial charge >= 0.3 is 5.97 Å². The van der Waals surface area contributed by atoms with Crippen LogP contribution in [-0.4, -0.2) is 27.5 Å². The van der Waals surface area contributed by atoms with Gasteiger partial charge in [0.25, 0.3) is 0 Å². The van der Waals surface area contributed by atoms with Gasteiger partial charge in [0.1, 0.15) is 0 Å². The number of carbonyl (C=O) groups excluding carboxylic acids is 1. The Morgan fingerprint density at radius 3 is 2.50 bits per heavy atom. The van der Waals surface area contributed by atoms with E-state index in [2.05, 4.69) is 9.46 Å². The summed E-state index contributed by atoms with van der Waals surface area (Å²) in [5, 5.41) is 0. The fraction of sp³-hybridized carbons (Fsp3) is 0.562. The number of hydrogen-bond acceptors (Lipinski definition) is 4. The first kappa shape index (κ1) is 15.5. The molecular formula is C16H21NO4S. The summed E-state index contributed by atoms with van der Waals surface area (Å²) < 4.78 is 32.1. The lowest BCUT2D eigenvalue weighted by molar-refractivity contribution is 0.0600. The molecule has 0 saturated heterocycles. The third kappa shape index (κ3) is 3.33. The van der Waals surface area contributed by atoms with Gasteiger partial charge in [-0.1, -0.05) is 18.6 Å². The summed E-state index contributed by atoms with van der Waals surface area (Å²) in [7, 11) is -2.03. The van der Waals surface area contributed by atoms with Crippen molar-refractivity contribution in [1.82, 2.24) is 4.72 Å². The van der Waals surface area contributed by atoms with Crippen molar-refractivity contribution in [1.29, 1.82) is 0 Å². The van der Waals surface area contributed by atoms with Gasteiger partial charge in [0, 0.05) is 6.04 Å². The molecule has 2 aliphatic carbocycles. The molecule has 6 heteroatoms. The van der Waals surface area contributed by atoms with Crippen LogP contribution in [0.5, 0.6) is 0 Å². The van der Waals surface area contributed by atoms with Crippen molar-refractivity contribution in [2.45, 2.75) is 37.5 Å². The number of fused-ring (bicyclic) bond motifs is 2. The molecule has 120 valence electrons. The predicted molar refractivity (Wildman–Crippen MR) is 82.8 cm³/mol. The SMILES string of the molecule is COC(=O)c1ccc(CS(=O)(=O)N[C@H]2C[C@@H]3CC[C@@H]2C3)cc1. The number of rotatable bonds is 5. The fourth-order valence-corrected chi connectivity index (χ4v) is 5.20. The van der Waals surface area contributed by atoms with E-state index in [1.165, 1.54) is 20.0 Å². The normalized spacial score (nSPS) is 27.0. The quantitative estimate of drug-likeness (QED) is 0.842. The lowest BCUT2D eigenvalue weighted by atomic mass is 9.96. The van der Waals surface area contributed by atoms with E-state index >= 15 is 0 Å². The van der Waals surface area contributed by atoms with Crippen molar-refractivity contribution >= 4 is 16.0 Å². The second-order valence-corrected chi connectivity index (χ2v) is 8.10. The van der Waals surface area contributed by atoms with Gasteiger partial charge in [-0.2, -0.15) is 0 Å². The Balaban J connectivity index is 1.63. The number of ether oxygens (including phenoxy) is 1. The number of carbonyl (C=O) groups is 1. The van der Waals surface area contributed by atoms with Crippen LogP contribution < -0.4 is 4.72 Å². The maximum atomic E-state index is 12.3. The minimum atomic E-state index is -3.35. The van der Waals surface area contributed by atoms with Crippen LogP contribution in [0.3, 0.4) is 0 Å². The molecule has 1 aromatic rings.